The minimum absolute atomic E-state index is 0.924. The van der Waals surface area contributed by atoms with E-state index in [2.05, 4.69) is 0 Å². The van der Waals surface area contributed by atoms with Crippen LogP contribution in [0.25, 0.3) is 0 Å². The highest BCUT2D eigenvalue weighted by molar-refractivity contribution is 8.21. The van der Waals surface area contributed by atoms with Gasteiger partial charge in [-0.1, -0.05) is 0 Å². The zero-order valence-electron chi connectivity index (χ0n) is 3.52. The SMILES string of the molecule is [B]1OCCCS1. The molecule has 0 N–H and O–H groups in total. The summed E-state index contributed by atoms with van der Waals surface area (Å²) in [5, 5.41) is 0. The fraction of sp³-hybridized carbons (Fsp3) is 1.00. The van der Waals surface area contributed by atoms with Crippen LogP contribution in [0, 0.1) is 0 Å². The maximum absolute atomic E-state index is 4.91. The van der Waals surface area contributed by atoms with Gasteiger partial charge < -0.3 is 4.65 Å². The normalized spacial score (nSPS) is 22.7. The maximum Gasteiger partial charge on any atom is 0.371 e. The lowest BCUT2D eigenvalue weighted by Crippen LogP contribution is -2.05. The van der Waals surface area contributed by atoms with Crippen molar-refractivity contribution in [2.24, 2.45) is 0 Å². The Morgan fingerprint density at radius 3 is 2.83 bits per heavy atom. The molecule has 1 fully saturated rings. The fourth-order valence-electron chi connectivity index (χ4n) is 0.370. The van der Waals surface area contributed by atoms with E-state index in [4.69, 9.17) is 4.65 Å². The molecule has 0 aromatic rings. The van der Waals surface area contributed by atoms with E-state index in [-0.39, 0.29) is 0 Å². The molecule has 1 rings (SSSR count). The van der Waals surface area contributed by atoms with Crippen LogP contribution in [-0.2, 0) is 4.65 Å². The summed E-state index contributed by atoms with van der Waals surface area (Å²) in [4.78, 5) is 0. The molecule has 0 aromatic carbocycles. The number of hydrogen-bond acceptors (Lipinski definition) is 2. The van der Waals surface area contributed by atoms with Gasteiger partial charge in [-0.25, -0.2) is 0 Å². The first-order chi connectivity index (χ1) is 3.00. The van der Waals surface area contributed by atoms with Gasteiger partial charge in [-0.3, -0.25) is 0 Å². The predicted molar refractivity (Wildman–Crippen MR) is 28.8 cm³/mol. The quantitative estimate of drug-likeness (QED) is 0.415. The first-order valence-corrected chi connectivity index (χ1v) is 3.10. The van der Waals surface area contributed by atoms with E-state index in [1.54, 1.807) is 11.6 Å². The molecule has 3 heteroatoms. The van der Waals surface area contributed by atoms with Gasteiger partial charge in [0.2, 0.25) is 0 Å². The summed E-state index contributed by atoms with van der Waals surface area (Å²) in [6.45, 7) is 2.73. The molecular weight excluding hydrogens is 94.9 g/mol. The first kappa shape index (κ1) is 4.53. The van der Waals surface area contributed by atoms with Gasteiger partial charge >= 0.3 is 6.76 Å². The highest BCUT2D eigenvalue weighted by atomic mass is 32.2. The van der Waals surface area contributed by atoms with Gasteiger partial charge in [0.1, 0.15) is 0 Å². The molecule has 1 radical (unpaired) electrons. The Morgan fingerprint density at radius 1 is 1.67 bits per heavy atom. The van der Waals surface area contributed by atoms with Crippen LogP contribution in [0.2, 0.25) is 0 Å². The first-order valence-electron chi connectivity index (χ1n) is 2.05. The second-order valence-electron chi connectivity index (χ2n) is 1.19. The molecule has 0 bridgehead atoms. The van der Waals surface area contributed by atoms with Crippen LogP contribution in [-0.4, -0.2) is 19.1 Å². The van der Waals surface area contributed by atoms with Crippen molar-refractivity contribution in [3.63, 3.8) is 0 Å². The summed E-state index contributed by atoms with van der Waals surface area (Å²) in [7, 11) is 0. The standard InChI is InChI=1S/C3H6BOS/c1-2-5-4-6-3-1/h1-3H2. The summed E-state index contributed by atoms with van der Waals surface area (Å²) < 4.78 is 4.91. The second kappa shape index (κ2) is 2.53. The van der Waals surface area contributed by atoms with Gasteiger partial charge in [-0.2, -0.15) is 11.6 Å². The lowest BCUT2D eigenvalue weighted by molar-refractivity contribution is 0.342. The van der Waals surface area contributed by atoms with Gasteiger partial charge in [0.05, 0.1) is 0 Å². The Labute approximate surface area is 42.6 Å². The Kier molecular flexibility index (Phi) is 1.91. The molecule has 0 amide bonds. The molecule has 0 spiro atoms. The Hall–Kier alpha value is 0.375. The maximum atomic E-state index is 4.91. The fourth-order valence-corrected chi connectivity index (χ4v) is 0.943. The molecule has 0 saturated carbocycles. The molecular formula is C3H6BOS. The Balaban J connectivity index is 2.00. The third-order valence-electron chi connectivity index (χ3n) is 0.660. The van der Waals surface area contributed by atoms with Crippen molar-refractivity contribution in [3.8, 4) is 0 Å². The van der Waals surface area contributed by atoms with Crippen LogP contribution in [0.3, 0.4) is 0 Å². The van der Waals surface area contributed by atoms with Crippen LogP contribution < -0.4 is 0 Å². The Bertz CT molecular complexity index is 26.3. The van der Waals surface area contributed by atoms with Crippen molar-refractivity contribution < 1.29 is 4.65 Å². The van der Waals surface area contributed by atoms with Crippen LogP contribution in [0.15, 0.2) is 0 Å². The molecule has 1 heterocycles. The third-order valence-corrected chi connectivity index (χ3v) is 1.46. The lowest BCUT2D eigenvalue weighted by atomic mass is 10.4. The molecule has 0 aromatic heterocycles. The molecule has 1 aliphatic heterocycles. The summed E-state index contributed by atoms with van der Waals surface area (Å²) >= 11 is 1.75. The van der Waals surface area contributed by atoms with E-state index in [1.807, 2.05) is 6.76 Å². The van der Waals surface area contributed by atoms with Gasteiger partial charge in [0.25, 0.3) is 0 Å². The highest BCUT2D eigenvalue weighted by Crippen LogP contribution is 2.05. The minimum atomic E-state index is 0.924. The van der Waals surface area contributed by atoms with Crippen molar-refractivity contribution >= 4 is 18.4 Å². The van der Waals surface area contributed by atoms with E-state index in [0.29, 0.717) is 0 Å². The van der Waals surface area contributed by atoms with E-state index in [1.165, 1.54) is 12.2 Å². The lowest BCUT2D eigenvalue weighted by Gasteiger charge is -2.06. The molecule has 1 aliphatic rings. The average Bonchev–Trinajstić information content (AvgIpc) is 1.72. The van der Waals surface area contributed by atoms with Crippen molar-refractivity contribution in [2.75, 3.05) is 12.4 Å². The monoisotopic (exact) mass is 101 g/mol. The van der Waals surface area contributed by atoms with Crippen molar-refractivity contribution in [3.05, 3.63) is 0 Å². The van der Waals surface area contributed by atoms with E-state index >= 15 is 0 Å². The summed E-state index contributed by atoms with van der Waals surface area (Å²) in [6.07, 6.45) is 1.21. The van der Waals surface area contributed by atoms with Crippen LogP contribution in [0.1, 0.15) is 6.42 Å². The summed E-state index contributed by atoms with van der Waals surface area (Å²) in [6, 6.07) is 0. The van der Waals surface area contributed by atoms with E-state index in [9.17, 15) is 0 Å². The summed E-state index contributed by atoms with van der Waals surface area (Å²) in [5.74, 6) is 1.24. The smallest absolute Gasteiger partial charge is 0.371 e. The molecule has 33 valence electrons. The van der Waals surface area contributed by atoms with Gasteiger partial charge in [-0.15, -0.1) is 0 Å². The van der Waals surface area contributed by atoms with Crippen molar-refractivity contribution in [1.29, 1.82) is 0 Å². The van der Waals surface area contributed by atoms with Crippen molar-refractivity contribution in [1.82, 2.24) is 0 Å². The zero-order chi connectivity index (χ0) is 4.24. The van der Waals surface area contributed by atoms with Crippen molar-refractivity contribution in [2.45, 2.75) is 6.42 Å². The second-order valence-corrected chi connectivity index (χ2v) is 2.13. The van der Waals surface area contributed by atoms with Gasteiger partial charge in [0.15, 0.2) is 0 Å². The molecule has 6 heavy (non-hydrogen) atoms. The van der Waals surface area contributed by atoms with Crippen LogP contribution >= 0.6 is 11.6 Å². The molecule has 1 saturated heterocycles. The molecule has 0 unspecified atom stereocenters. The topological polar surface area (TPSA) is 9.23 Å². The highest BCUT2D eigenvalue weighted by Gasteiger charge is 1.98. The number of rotatable bonds is 0. The number of hydrogen-bond donors (Lipinski definition) is 0. The van der Waals surface area contributed by atoms with Crippen LogP contribution in [0.4, 0.5) is 0 Å². The largest absolute Gasteiger partial charge is 0.429 e. The molecule has 0 aliphatic carbocycles. The third kappa shape index (κ3) is 1.23. The summed E-state index contributed by atoms with van der Waals surface area (Å²) in [5.41, 5.74) is 0. The predicted octanol–water partition coefficient (Wildman–Crippen LogP) is 0.674. The molecule has 0 atom stereocenters. The minimum Gasteiger partial charge on any atom is -0.429 e. The average molecular weight is 101 g/mol. The van der Waals surface area contributed by atoms with E-state index in [0.717, 1.165) is 6.61 Å². The molecule has 1 nitrogen and oxygen atoms in total. The van der Waals surface area contributed by atoms with E-state index < -0.39 is 0 Å². The van der Waals surface area contributed by atoms with Gasteiger partial charge in [0, 0.05) is 6.61 Å². The van der Waals surface area contributed by atoms with Gasteiger partial charge in [-0.05, 0) is 12.2 Å². The Morgan fingerprint density at radius 2 is 2.67 bits per heavy atom. The van der Waals surface area contributed by atoms with Crippen LogP contribution in [0.5, 0.6) is 0 Å². The zero-order valence-corrected chi connectivity index (χ0v) is 4.33.